The van der Waals surface area contributed by atoms with Crippen LogP contribution in [0.3, 0.4) is 0 Å². The van der Waals surface area contributed by atoms with Crippen molar-refractivity contribution >= 4 is 28.8 Å². The zero-order chi connectivity index (χ0) is 13.7. The fourth-order valence-electron chi connectivity index (χ4n) is 1.74. The molecule has 3 nitrogen and oxygen atoms in total. The molecule has 98 valence electrons. The molecule has 0 unspecified atom stereocenters. The summed E-state index contributed by atoms with van der Waals surface area (Å²) in [6.45, 7) is 4.81. The Kier molecular flexibility index (Phi) is 4.83. The van der Waals surface area contributed by atoms with Crippen LogP contribution in [-0.4, -0.2) is 10.7 Å². The molecule has 0 aliphatic carbocycles. The Morgan fingerprint density at radius 2 is 2.32 bits per heavy atom. The molecule has 0 bridgehead atoms. The van der Waals surface area contributed by atoms with E-state index in [1.54, 1.807) is 23.1 Å². The highest BCUT2D eigenvalue weighted by Crippen LogP contribution is 2.28. The van der Waals surface area contributed by atoms with Gasteiger partial charge in [-0.15, -0.1) is 23.1 Å². The van der Waals surface area contributed by atoms with E-state index in [4.69, 9.17) is 0 Å². The summed E-state index contributed by atoms with van der Waals surface area (Å²) in [5, 5.41) is 12.7. The van der Waals surface area contributed by atoms with Gasteiger partial charge < -0.3 is 5.32 Å². The molecule has 1 heterocycles. The molecule has 5 heteroatoms. The van der Waals surface area contributed by atoms with E-state index in [1.807, 2.05) is 30.6 Å². The van der Waals surface area contributed by atoms with Crippen LogP contribution in [0.15, 0.2) is 28.6 Å². The van der Waals surface area contributed by atoms with Crippen molar-refractivity contribution in [2.45, 2.75) is 25.3 Å². The molecule has 1 N–H and O–H groups in total. The Bertz CT molecular complexity index is 599. The first-order valence-corrected chi connectivity index (χ1v) is 7.91. The van der Waals surface area contributed by atoms with Gasteiger partial charge in [0, 0.05) is 9.77 Å². The Hall–Kier alpha value is -1.51. The van der Waals surface area contributed by atoms with Gasteiger partial charge in [0.05, 0.1) is 29.0 Å². The van der Waals surface area contributed by atoms with Gasteiger partial charge in [0.25, 0.3) is 0 Å². The molecule has 0 saturated heterocycles. The van der Waals surface area contributed by atoms with E-state index in [0.29, 0.717) is 6.54 Å². The van der Waals surface area contributed by atoms with Gasteiger partial charge in [0.2, 0.25) is 0 Å². The highest BCUT2D eigenvalue weighted by Gasteiger charge is 2.08. The van der Waals surface area contributed by atoms with E-state index in [0.717, 1.165) is 27.6 Å². The maximum Gasteiger partial charge on any atom is 0.102 e. The first-order valence-electron chi connectivity index (χ1n) is 6.05. The largest absolute Gasteiger partial charge is 0.379 e. The van der Waals surface area contributed by atoms with Crippen LogP contribution in [0, 0.1) is 18.3 Å². The third-order valence-electron chi connectivity index (χ3n) is 2.72. The lowest BCUT2D eigenvalue weighted by atomic mass is 10.2. The molecule has 1 aromatic heterocycles. The van der Waals surface area contributed by atoms with Crippen LogP contribution in [0.1, 0.15) is 23.1 Å². The minimum Gasteiger partial charge on any atom is -0.379 e. The number of hydrogen-bond donors (Lipinski definition) is 1. The second-order valence-electron chi connectivity index (χ2n) is 3.94. The van der Waals surface area contributed by atoms with Crippen molar-refractivity contribution in [3.05, 3.63) is 39.8 Å². The number of nitrogens with zero attached hydrogens (tertiary/aromatic N) is 2. The van der Waals surface area contributed by atoms with Crippen LogP contribution >= 0.6 is 23.1 Å². The molecule has 0 atom stereocenters. The first-order chi connectivity index (χ1) is 9.26. The van der Waals surface area contributed by atoms with Crippen molar-refractivity contribution in [3.63, 3.8) is 0 Å². The van der Waals surface area contributed by atoms with Crippen molar-refractivity contribution in [1.82, 2.24) is 4.98 Å². The number of rotatable bonds is 5. The normalized spacial score (nSPS) is 10.2. The average molecular weight is 289 g/mol. The lowest BCUT2D eigenvalue weighted by molar-refractivity contribution is 1.11. The van der Waals surface area contributed by atoms with Crippen LogP contribution < -0.4 is 5.32 Å². The van der Waals surface area contributed by atoms with Crippen molar-refractivity contribution in [2.75, 3.05) is 11.1 Å². The van der Waals surface area contributed by atoms with Gasteiger partial charge in [0.15, 0.2) is 0 Å². The lowest BCUT2D eigenvalue weighted by Gasteiger charge is -2.10. The Balaban J connectivity index is 2.18. The molecule has 1 aromatic carbocycles. The molecule has 0 aliphatic rings. The zero-order valence-corrected chi connectivity index (χ0v) is 12.6. The number of thioether (sulfide) groups is 1. The molecular weight excluding hydrogens is 274 g/mol. The summed E-state index contributed by atoms with van der Waals surface area (Å²) in [6, 6.07) is 8.23. The number of benzene rings is 1. The van der Waals surface area contributed by atoms with E-state index in [1.165, 1.54) is 4.88 Å². The van der Waals surface area contributed by atoms with Crippen molar-refractivity contribution in [3.8, 4) is 6.07 Å². The van der Waals surface area contributed by atoms with Gasteiger partial charge in [0.1, 0.15) is 6.07 Å². The van der Waals surface area contributed by atoms with Crippen LogP contribution in [0.25, 0.3) is 0 Å². The predicted molar refractivity (Wildman–Crippen MR) is 81.7 cm³/mol. The molecule has 0 fully saturated rings. The van der Waals surface area contributed by atoms with Gasteiger partial charge in [-0.1, -0.05) is 13.0 Å². The van der Waals surface area contributed by atoms with E-state index in [9.17, 15) is 5.26 Å². The predicted octanol–water partition coefficient (Wildman–Crippen LogP) is 4.05. The molecule has 0 saturated carbocycles. The SMILES string of the molecule is CCSc1cccc(NCc2scnc2C)c1C#N. The van der Waals surface area contributed by atoms with Crippen LogP contribution in [0.2, 0.25) is 0 Å². The molecular formula is C14H15N3S2. The number of hydrogen-bond acceptors (Lipinski definition) is 5. The van der Waals surface area contributed by atoms with Crippen LogP contribution in [0.5, 0.6) is 0 Å². The van der Waals surface area contributed by atoms with Gasteiger partial charge >= 0.3 is 0 Å². The molecule has 19 heavy (non-hydrogen) atoms. The number of aromatic nitrogens is 1. The van der Waals surface area contributed by atoms with E-state index in [2.05, 4.69) is 23.3 Å². The van der Waals surface area contributed by atoms with Gasteiger partial charge in [-0.2, -0.15) is 5.26 Å². The first kappa shape index (κ1) is 13.9. The Morgan fingerprint density at radius 1 is 1.47 bits per heavy atom. The highest BCUT2D eigenvalue weighted by atomic mass is 32.2. The van der Waals surface area contributed by atoms with Crippen molar-refractivity contribution in [2.24, 2.45) is 0 Å². The standard InChI is InChI=1S/C14H15N3S2/c1-3-18-13-6-4-5-12(11(13)7-15)16-8-14-10(2)17-9-19-14/h4-6,9,16H,3,8H2,1-2H3. The molecule has 2 rings (SSSR count). The summed E-state index contributed by atoms with van der Waals surface area (Å²) in [6.07, 6.45) is 0. The highest BCUT2D eigenvalue weighted by molar-refractivity contribution is 7.99. The topological polar surface area (TPSA) is 48.7 Å². The summed E-state index contributed by atoms with van der Waals surface area (Å²) in [5.41, 5.74) is 4.53. The molecule has 0 spiro atoms. The second-order valence-corrected chi connectivity index (χ2v) is 6.18. The van der Waals surface area contributed by atoms with Crippen LogP contribution in [0.4, 0.5) is 5.69 Å². The maximum absolute atomic E-state index is 9.32. The lowest BCUT2D eigenvalue weighted by Crippen LogP contribution is -2.01. The maximum atomic E-state index is 9.32. The fourth-order valence-corrected chi connectivity index (χ4v) is 3.24. The zero-order valence-electron chi connectivity index (χ0n) is 10.9. The summed E-state index contributed by atoms with van der Waals surface area (Å²) >= 11 is 3.33. The van der Waals surface area contributed by atoms with E-state index < -0.39 is 0 Å². The summed E-state index contributed by atoms with van der Waals surface area (Å²) in [5.74, 6) is 0.964. The second kappa shape index (κ2) is 6.60. The molecule has 0 amide bonds. The number of anilines is 1. The monoisotopic (exact) mass is 289 g/mol. The Morgan fingerprint density at radius 3 is 2.95 bits per heavy atom. The van der Waals surface area contributed by atoms with Gasteiger partial charge in [-0.3, -0.25) is 0 Å². The minimum atomic E-state index is 0.714. The van der Waals surface area contributed by atoms with Gasteiger partial charge in [-0.05, 0) is 24.8 Å². The third-order valence-corrected chi connectivity index (χ3v) is 4.60. The van der Waals surface area contributed by atoms with Crippen LogP contribution in [-0.2, 0) is 6.54 Å². The number of nitrogens with one attached hydrogen (secondary N) is 1. The quantitative estimate of drug-likeness (QED) is 0.844. The number of thiazole rings is 1. The van der Waals surface area contributed by atoms with E-state index in [-0.39, 0.29) is 0 Å². The van der Waals surface area contributed by atoms with Gasteiger partial charge in [-0.25, -0.2) is 4.98 Å². The smallest absolute Gasteiger partial charge is 0.102 e. The molecule has 0 aliphatic heterocycles. The summed E-state index contributed by atoms with van der Waals surface area (Å²) in [7, 11) is 0. The number of aryl methyl sites for hydroxylation is 1. The third kappa shape index (κ3) is 3.28. The fraction of sp³-hybridized carbons (Fsp3) is 0.286. The Labute approximate surface area is 121 Å². The summed E-state index contributed by atoms with van der Waals surface area (Å²) < 4.78 is 0. The van der Waals surface area contributed by atoms with E-state index >= 15 is 0 Å². The van der Waals surface area contributed by atoms with Crippen molar-refractivity contribution in [1.29, 1.82) is 5.26 Å². The molecule has 2 aromatic rings. The molecule has 0 radical (unpaired) electrons. The summed E-state index contributed by atoms with van der Waals surface area (Å²) in [4.78, 5) is 6.47. The minimum absolute atomic E-state index is 0.714. The average Bonchev–Trinajstić information content (AvgIpc) is 2.82. The number of nitriles is 1. The van der Waals surface area contributed by atoms with Crippen molar-refractivity contribution < 1.29 is 0 Å².